The van der Waals surface area contributed by atoms with Gasteiger partial charge in [0.15, 0.2) is 0 Å². The maximum Gasteiger partial charge on any atom is 0.408 e. The van der Waals surface area contributed by atoms with Gasteiger partial charge >= 0.3 is 24.1 Å². The zero-order chi connectivity index (χ0) is 34.8. The number of benzene rings is 2. The van der Waals surface area contributed by atoms with Gasteiger partial charge in [-0.05, 0) is 38.8 Å². The van der Waals surface area contributed by atoms with Crippen molar-refractivity contribution in [2.75, 3.05) is 13.1 Å². The highest BCUT2D eigenvalue weighted by Crippen LogP contribution is 2.02. The quantitative estimate of drug-likeness (QED) is 0.111. The summed E-state index contributed by atoms with van der Waals surface area (Å²) in [5.74, 6) is -1.76. The SMILES string of the molecule is CC(C)O.CC(C)OC(=O)[C@@H](CN)NC(=O)OCc1ccccc1.Cl.NC[C@@H](NC(=O)OCc1ccccc1)C(=O)O.O=S(Cl)Cl. The van der Waals surface area contributed by atoms with Crippen LogP contribution in [0.2, 0.25) is 0 Å². The standard InChI is InChI=1S/C14H20N2O4.C11H14N2O4.C3H8O.Cl2OS.ClH/c1-10(2)20-13(17)12(8-15)16-14(18)19-9-11-6-4-3-5-7-11;12-6-9(10(14)15)13-11(16)17-7-8-4-2-1-3-5-8;1-3(2)4;1-4(2)3;/h3-7,10,12H,8-9,15H2,1-2H3,(H,16,18);1-5,9H,6-7,12H2,(H,13,16)(H,14,15);3-4H,1-2H3;;1H/t12-;9-;;;/m11.../s1. The summed E-state index contributed by atoms with van der Waals surface area (Å²) in [5.41, 5.74) is 12.3. The second kappa shape index (κ2) is 29.2. The van der Waals surface area contributed by atoms with Crippen LogP contribution in [0.5, 0.6) is 0 Å². The molecule has 0 heterocycles. The van der Waals surface area contributed by atoms with Crippen molar-refractivity contribution < 1.29 is 47.8 Å². The van der Waals surface area contributed by atoms with Crippen molar-refractivity contribution in [3.63, 3.8) is 0 Å². The molecule has 2 atom stereocenters. The number of carboxylic acid groups (broad SMARTS) is 1. The summed E-state index contributed by atoms with van der Waals surface area (Å²) in [6.45, 7) is 6.87. The minimum absolute atomic E-state index is 0. The highest BCUT2D eigenvalue weighted by molar-refractivity contribution is 8.26. The number of rotatable bonds is 11. The third kappa shape index (κ3) is 29.5. The van der Waals surface area contributed by atoms with Crippen LogP contribution in [0.15, 0.2) is 60.7 Å². The number of carbonyl (C=O) groups is 4. The van der Waals surface area contributed by atoms with E-state index in [1.165, 1.54) is 0 Å². The number of amides is 2. The predicted octanol–water partition coefficient (Wildman–Crippen LogP) is 3.37. The zero-order valence-corrected chi connectivity index (χ0v) is 28.9. The normalized spacial score (nSPS) is 11.0. The third-order valence-electron chi connectivity index (χ3n) is 4.42. The first-order valence-electron chi connectivity index (χ1n) is 13.3. The molecule has 0 aliphatic heterocycles. The summed E-state index contributed by atoms with van der Waals surface area (Å²) in [6.07, 6.45) is -1.93. The minimum atomic E-state index is -1.67. The van der Waals surface area contributed by atoms with Gasteiger partial charge in [0, 0.05) is 40.6 Å². The van der Waals surface area contributed by atoms with Gasteiger partial charge in [0.2, 0.25) is 9.23 Å². The Bertz CT molecular complexity index is 1130. The average molecular weight is 734 g/mol. The Morgan fingerprint density at radius 3 is 1.39 bits per heavy atom. The molecule has 0 saturated carbocycles. The van der Waals surface area contributed by atoms with Crippen LogP contribution < -0.4 is 22.1 Å². The van der Waals surface area contributed by atoms with Gasteiger partial charge in [0.1, 0.15) is 25.3 Å². The first kappa shape index (κ1) is 47.2. The number of alkyl carbamates (subject to hydrolysis) is 2. The van der Waals surface area contributed by atoms with Crippen molar-refractivity contribution >= 4 is 67.1 Å². The number of aliphatic hydroxyl groups excluding tert-OH is 1. The molecule has 0 fully saturated rings. The van der Waals surface area contributed by atoms with Gasteiger partial charge in [-0.1, -0.05) is 60.7 Å². The fourth-order valence-corrected chi connectivity index (χ4v) is 2.56. The summed E-state index contributed by atoms with van der Waals surface area (Å²) in [7, 11) is 7.36. The number of esters is 1. The molecule has 0 aliphatic rings. The van der Waals surface area contributed by atoms with E-state index in [4.69, 9.17) is 40.1 Å². The molecule has 46 heavy (non-hydrogen) atoms. The van der Waals surface area contributed by atoms with E-state index in [9.17, 15) is 19.2 Å². The van der Waals surface area contributed by atoms with Crippen molar-refractivity contribution in [3.8, 4) is 0 Å². The Hall–Kier alpha value is -3.18. The van der Waals surface area contributed by atoms with Crippen LogP contribution in [0.25, 0.3) is 0 Å². The topological polar surface area (TPSA) is 230 Å². The van der Waals surface area contributed by atoms with Crippen molar-refractivity contribution in [2.24, 2.45) is 11.5 Å². The lowest BCUT2D eigenvalue weighted by Gasteiger charge is -2.17. The van der Waals surface area contributed by atoms with Crippen LogP contribution >= 0.6 is 33.8 Å². The second-order valence-corrected chi connectivity index (χ2v) is 11.6. The fraction of sp³-hybridized carbons (Fsp3) is 0.429. The Kier molecular flexibility index (Phi) is 30.0. The number of carboxylic acids is 1. The van der Waals surface area contributed by atoms with E-state index >= 15 is 0 Å². The molecule has 2 aromatic carbocycles. The predicted molar refractivity (Wildman–Crippen MR) is 179 cm³/mol. The molecule has 2 amide bonds. The molecule has 2 aromatic rings. The number of aliphatic carboxylic acids is 1. The molecule has 0 radical (unpaired) electrons. The summed E-state index contributed by atoms with van der Waals surface area (Å²) >= 11 is 0. The highest BCUT2D eigenvalue weighted by Gasteiger charge is 2.22. The van der Waals surface area contributed by atoms with E-state index in [1.807, 2.05) is 48.5 Å². The molecule has 0 aliphatic carbocycles. The highest BCUT2D eigenvalue weighted by atomic mass is 36.0. The largest absolute Gasteiger partial charge is 0.480 e. The van der Waals surface area contributed by atoms with Crippen molar-refractivity contribution in [2.45, 2.75) is 65.2 Å². The number of hydrogen-bond acceptors (Lipinski definition) is 11. The number of halogens is 3. The van der Waals surface area contributed by atoms with Crippen LogP contribution in [-0.4, -0.2) is 75.9 Å². The summed E-state index contributed by atoms with van der Waals surface area (Å²) in [6, 6.07) is 16.3. The summed E-state index contributed by atoms with van der Waals surface area (Å²) in [4.78, 5) is 45.0. The Labute approximate surface area is 286 Å². The molecule has 0 spiro atoms. The molecule has 0 aromatic heterocycles. The Morgan fingerprint density at radius 2 is 1.11 bits per heavy atom. The van der Waals surface area contributed by atoms with Crippen LogP contribution in [0.3, 0.4) is 0 Å². The maximum absolute atomic E-state index is 11.6. The van der Waals surface area contributed by atoms with Gasteiger partial charge in [-0.2, -0.15) is 0 Å². The summed E-state index contributed by atoms with van der Waals surface area (Å²) in [5, 5.41) is 21.2. The lowest BCUT2D eigenvalue weighted by atomic mass is 10.2. The third-order valence-corrected chi connectivity index (χ3v) is 4.42. The number of hydrogen-bond donors (Lipinski definition) is 6. The molecule has 0 saturated heterocycles. The first-order chi connectivity index (χ1) is 21.1. The molecule has 18 heteroatoms. The van der Waals surface area contributed by atoms with E-state index in [0.29, 0.717) is 0 Å². The summed E-state index contributed by atoms with van der Waals surface area (Å²) < 4.78 is 23.9. The monoisotopic (exact) mass is 732 g/mol. The van der Waals surface area contributed by atoms with Crippen LogP contribution in [0.1, 0.15) is 38.8 Å². The van der Waals surface area contributed by atoms with Crippen molar-refractivity contribution in [1.29, 1.82) is 0 Å². The van der Waals surface area contributed by atoms with Gasteiger partial charge in [0.05, 0.1) is 6.10 Å². The van der Waals surface area contributed by atoms with Gasteiger partial charge in [-0.15, -0.1) is 12.4 Å². The minimum Gasteiger partial charge on any atom is -0.480 e. The van der Waals surface area contributed by atoms with E-state index in [2.05, 4.69) is 32.0 Å². The van der Waals surface area contributed by atoms with Gasteiger partial charge in [-0.3, -0.25) is 0 Å². The molecule has 14 nitrogen and oxygen atoms in total. The molecule has 8 N–H and O–H groups in total. The van der Waals surface area contributed by atoms with Gasteiger partial charge < -0.3 is 46.5 Å². The van der Waals surface area contributed by atoms with Gasteiger partial charge in [-0.25, -0.2) is 23.4 Å². The van der Waals surface area contributed by atoms with Crippen molar-refractivity contribution in [3.05, 3.63) is 71.8 Å². The number of nitrogens with two attached hydrogens (primary N) is 2. The van der Waals surface area contributed by atoms with Gasteiger partial charge in [0.25, 0.3) is 0 Å². The average Bonchev–Trinajstić information content (AvgIpc) is 2.96. The maximum atomic E-state index is 11.6. The van der Waals surface area contributed by atoms with E-state index in [1.54, 1.807) is 39.8 Å². The molecular formula is C28H43Cl3N4O10S. The number of aliphatic hydroxyl groups is 1. The molecular weight excluding hydrogens is 691 g/mol. The molecule has 262 valence electrons. The van der Waals surface area contributed by atoms with Crippen molar-refractivity contribution in [1.82, 2.24) is 10.6 Å². The number of nitrogens with one attached hydrogen (secondary N) is 2. The van der Waals surface area contributed by atoms with Crippen LogP contribution in [0, 0.1) is 0 Å². The zero-order valence-electron chi connectivity index (χ0n) is 25.8. The van der Waals surface area contributed by atoms with Crippen LogP contribution in [-0.2, 0) is 46.2 Å². The molecule has 0 unspecified atom stereocenters. The second-order valence-electron chi connectivity index (χ2n) is 9.09. The van der Waals surface area contributed by atoms with E-state index in [-0.39, 0.29) is 50.9 Å². The lowest BCUT2D eigenvalue weighted by Crippen LogP contribution is -2.47. The smallest absolute Gasteiger partial charge is 0.408 e. The molecule has 2 rings (SSSR count). The Balaban J connectivity index is -0.000000644. The first-order valence-corrected chi connectivity index (χ1v) is 16.1. The lowest BCUT2D eigenvalue weighted by molar-refractivity contribution is -0.149. The number of ether oxygens (including phenoxy) is 3. The fourth-order valence-electron chi connectivity index (χ4n) is 2.56. The molecule has 0 bridgehead atoms. The Morgan fingerprint density at radius 1 is 0.783 bits per heavy atom. The van der Waals surface area contributed by atoms with E-state index in [0.717, 1.165) is 11.1 Å². The van der Waals surface area contributed by atoms with Crippen LogP contribution in [0.4, 0.5) is 9.59 Å². The number of carbonyl (C=O) groups excluding carboxylic acids is 3. The van der Waals surface area contributed by atoms with E-state index < -0.39 is 45.4 Å².